The van der Waals surface area contributed by atoms with Crippen LogP contribution in [0.3, 0.4) is 0 Å². The number of nitrogens with one attached hydrogen (secondary N) is 1. The Hall–Kier alpha value is -1.40. The molecule has 2 rings (SSSR count). The van der Waals surface area contributed by atoms with Crippen LogP contribution < -0.4 is 5.32 Å². The molecule has 104 valence electrons. The molecule has 1 aromatic rings. The van der Waals surface area contributed by atoms with Crippen LogP contribution in [0.25, 0.3) is 0 Å². The molecule has 1 saturated heterocycles. The van der Waals surface area contributed by atoms with Crippen molar-refractivity contribution in [2.75, 3.05) is 5.75 Å². The number of carboxylic acids is 1. The third-order valence-corrected chi connectivity index (χ3v) is 5.80. The summed E-state index contributed by atoms with van der Waals surface area (Å²) in [5.41, 5.74) is 0.809. The Kier molecular flexibility index (Phi) is 3.91. The van der Waals surface area contributed by atoms with E-state index in [1.165, 1.54) is 0 Å². The standard InChI is InChI=1S/C13H17NO4S/c1-2-11-12(9-6-4-3-5-7-9)14-10(13(15)16)8-19(11,17)18/h3-7,10-12,14H,2,8H2,1H3,(H,15,16). The van der Waals surface area contributed by atoms with Crippen LogP contribution in [0.1, 0.15) is 24.9 Å². The first-order chi connectivity index (χ1) is 8.95. The fourth-order valence-electron chi connectivity index (χ4n) is 2.54. The summed E-state index contributed by atoms with van der Waals surface area (Å²) in [6, 6.07) is 7.61. The molecule has 3 atom stereocenters. The highest BCUT2D eigenvalue weighted by Gasteiger charge is 2.43. The van der Waals surface area contributed by atoms with Crippen LogP contribution in [0.4, 0.5) is 0 Å². The van der Waals surface area contributed by atoms with Gasteiger partial charge in [0.05, 0.1) is 11.0 Å². The van der Waals surface area contributed by atoms with Crippen LogP contribution in [0.15, 0.2) is 30.3 Å². The predicted octanol–water partition coefficient (Wildman–Crippen LogP) is 0.978. The molecule has 1 aromatic carbocycles. The molecule has 19 heavy (non-hydrogen) atoms. The van der Waals surface area contributed by atoms with Crippen molar-refractivity contribution in [3.63, 3.8) is 0 Å². The molecule has 0 radical (unpaired) electrons. The Balaban J connectivity index is 2.41. The Morgan fingerprint density at radius 1 is 1.37 bits per heavy atom. The summed E-state index contributed by atoms with van der Waals surface area (Å²) in [7, 11) is -3.41. The van der Waals surface area contributed by atoms with Crippen LogP contribution in [0, 0.1) is 0 Å². The predicted molar refractivity (Wildman–Crippen MR) is 71.6 cm³/mol. The van der Waals surface area contributed by atoms with E-state index in [-0.39, 0.29) is 5.75 Å². The summed E-state index contributed by atoms with van der Waals surface area (Å²) in [5, 5.41) is 11.4. The third-order valence-electron chi connectivity index (χ3n) is 3.47. The van der Waals surface area contributed by atoms with Gasteiger partial charge in [-0.05, 0) is 12.0 Å². The minimum Gasteiger partial charge on any atom is -0.480 e. The lowest BCUT2D eigenvalue weighted by Crippen LogP contribution is -2.55. The Morgan fingerprint density at radius 3 is 2.53 bits per heavy atom. The molecular weight excluding hydrogens is 266 g/mol. The van der Waals surface area contributed by atoms with Gasteiger partial charge in [0, 0.05) is 6.04 Å². The lowest BCUT2D eigenvalue weighted by Gasteiger charge is -2.35. The van der Waals surface area contributed by atoms with Gasteiger partial charge in [0.1, 0.15) is 6.04 Å². The summed E-state index contributed by atoms with van der Waals surface area (Å²) in [5.74, 6) is -1.47. The molecule has 1 aliphatic heterocycles. The second-order valence-electron chi connectivity index (χ2n) is 4.72. The normalized spacial score (nSPS) is 29.8. The largest absolute Gasteiger partial charge is 0.480 e. The fourth-order valence-corrected chi connectivity index (χ4v) is 4.65. The second-order valence-corrected chi connectivity index (χ2v) is 6.99. The average molecular weight is 283 g/mol. The smallest absolute Gasteiger partial charge is 0.321 e. The van der Waals surface area contributed by atoms with Gasteiger partial charge in [0.15, 0.2) is 9.84 Å². The van der Waals surface area contributed by atoms with E-state index in [0.29, 0.717) is 6.42 Å². The van der Waals surface area contributed by atoms with E-state index >= 15 is 0 Å². The summed E-state index contributed by atoms with van der Waals surface area (Å²) in [6.45, 7) is 1.81. The maximum Gasteiger partial charge on any atom is 0.321 e. The molecule has 2 N–H and O–H groups in total. The minimum absolute atomic E-state index is 0.343. The molecule has 1 fully saturated rings. The SMILES string of the molecule is CCC1C(c2ccccc2)NC(C(=O)O)CS1(=O)=O. The van der Waals surface area contributed by atoms with Crippen molar-refractivity contribution in [2.24, 2.45) is 0 Å². The molecule has 0 aliphatic carbocycles. The molecule has 0 amide bonds. The van der Waals surface area contributed by atoms with Gasteiger partial charge in [0.2, 0.25) is 0 Å². The van der Waals surface area contributed by atoms with Crippen molar-refractivity contribution in [3.05, 3.63) is 35.9 Å². The topological polar surface area (TPSA) is 83.5 Å². The summed E-state index contributed by atoms with van der Waals surface area (Å²) < 4.78 is 24.4. The van der Waals surface area contributed by atoms with E-state index in [4.69, 9.17) is 5.11 Å². The number of hydrogen-bond donors (Lipinski definition) is 2. The third kappa shape index (κ3) is 2.79. The fraction of sp³-hybridized carbons (Fsp3) is 0.462. The highest BCUT2D eigenvalue weighted by Crippen LogP contribution is 2.30. The van der Waals surface area contributed by atoms with Crippen LogP contribution in [-0.4, -0.2) is 36.5 Å². The zero-order chi connectivity index (χ0) is 14.0. The molecular formula is C13H17NO4S. The lowest BCUT2D eigenvalue weighted by atomic mass is 10.0. The van der Waals surface area contributed by atoms with Gasteiger partial charge in [0.25, 0.3) is 0 Å². The van der Waals surface area contributed by atoms with Crippen molar-refractivity contribution in [2.45, 2.75) is 30.7 Å². The van der Waals surface area contributed by atoms with Gasteiger partial charge in [-0.3, -0.25) is 10.1 Å². The van der Waals surface area contributed by atoms with E-state index in [0.717, 1.165) is 5.56 Å². The maximum absolute atomic E-state index is 12.2. The van der Waals surface area contributed by atoms with Gasteiger partial charge in [-0.2, -0.15) is 0 Å². The summed E-state index contributed by atoms with van der Waals surface area (Å²) in [4.78, 5) is 11.1. The van der Waals surface area contributed by atoms with Crippen LogP contribution >= 0.6 is 0 Å². The number of carbonyl (C=O) groups is 1. The molecule has 0 bridgehead atoms. The summed E-state index contributed by atoms with van der Waals surface area (Å²) in [6.07, 6.45) is 0.460. The van der Waals surface area contributed by atoms with Gasteiger partial charge < -0.3 is 5.11 Å². The zero-order valence-corrected chi connectivity index (χ0v) is 11.4. The highest BCUT2D eigenvalue weighted by atomic mass is 32.2. The lowest BCUT2D eigenvalue weighted by molar-refractivity contribution is -0.139. The first kappa shape index (κ1) is 14.0. The molecule has 6 heteroatoms. The Labute approximate surface area is 112 Å². The molecule has 0 aromatic heterocycles. The minimum atomic E-state index is -3.41. The molecule has 3 unspecified atom stereocenters. The molecule has 1 heterocycles. The van der Waals surface area contributed by atoms with E-state index in [1.54, 1.807) is 6.92 Å². The van der Waals surface area contributed by atoms with E-state index in [9.17, 15) is 13.2 Å². The second kappa shape index (κ2) is 5.30. The monoisotopic (exact) mass is 283 g/mol. The molecule has 0 spiro atoms. The number of rotatable bonds is 3. The maximum atomic E-state index is 12.2. The number of aliphatic carboxylic acids is 1. The Morgan fingerprint density at radius 2 is 2.00 bits per heavy atom. The zero-order valence-electron chi connectivity index (χ0n) is 10.6. The Bertz CT molecular complexity index is 555. The van der Waals surface area contributed by atoms with Gasteiger partial charge in [-0.15, -0.1) is 0 Å². The van der Waals surface area contributed by atoms with Crippen LogP contribution in [0.2, 0.25) is 0 Å². The average Bonchev–Trinajstić information content (AvgIpc) is 2.37. The molecule has 0 saturated carbocycles. The summed E-state index contributed by atoms with van der Waals surface area (Å²) >= 11 is 0. The van der Waals surface area contributed by atoms with Gasteiger partial charge >= 0.3 is 5.97 Å². The first-order valence-electron chi connectivity index (χ1n) is 6.21. The van der Waals surface area contributed by atoms with Crippen LogP contribution in [0.5, 0.6) is 0 Å². The number of carboxylic acid groups (broad SMARTS) is 1. The van der Waals surface area contributed by atoms with Crippen molar-refractivity contribution < 1.29 is 18.3 Å². The van der Waals surface area contributed by atoms with Crippen molar-refractivity contribution >= 4 is 15.8 Å². The van der Waals surface area contributed by atoms with Crippen LogP contribution in [-0.2, 0) is 14.6 Å². The quantitative estimate of drug-likeness (QED) is 0.864. The van der Waals surface area contributed by atoms with Crippen molar-refractivity contribution in [3.8, 4) is 0 Å². The molecule has 1 aliphatic rings. The highest BCUT2D eigenvalue weighted by molar-refractivity contribution is 7.92. The van der Waals surface area contributed by atoms with Gasteiger partial charge in [-0.1, -0.05) is 37.3 Å². The number of sulfone groups is 1. The number of hydrogen-bond acceptors (Lipinski definition) is 4. The van der Waals surface area contributed by atoms with E-state index in [1.807, 2.05) is 30.3 Å². The van der Waals surface area contributed by atoms with E-state index < -0.39 is 33.1 Å². The van der Waals surface area contributed by atoms with Crippen molar-refractivity contribution in [1.82, 2.24) is 5.32 Å². The van der Waals surface area contributed by atoms with E-state index in [2.05, 4.69) is 5.32 Å². The van der Waals surface area contributed by atoms with Crippen molar-refractivity contribution in [1.29, 1.82) is 0 Å². The number of benzene rings is 1. The first-order valence-corrected chi connectivity index (χ1v) is 7.92. The molecule has 5 nitrogen and oxygen atoms in total. The van der Waals surface area contributed by atoms with Gasteiger partial charge in [-0.25, -0.2) is 8.42 Å².